The number of hydrogen-bond acceptors (Lipinski definition) is 4. The number of rotatable bonds is 4. The second kappa shape index (κ2) is 7.15. The van der Waals surface area contributed by atoms with Crippen molar-refractivity contribution in [2.75, 3.05) is 11.9 Å². The summed E-state index contributed by atoms with van der Waals surface area (Å²) in [4.78, 5) is 23.3. The monoisotopic (exact) mass is 322 g/mol. The molecule has 2 aromatic rings. The zero-order chi connectivity index (χ0) is 16.1. The van der Waals surface area contributed by atoms with Gasteiger partial charge in [0.25, 0.3) is 0 Å². The standard InChI is InChI=1S/C15H15FN2O3S/c1-9-2-3-11(6-12(9)16)18-15(21)14(20)17-7-13(19)10-4-5-22-8-10/h2-6,8,13,19H,7H2,1H3,(H,17,20)(H,18,21). The first-order valence-corrected chi connectivity index (χ1v) is 7.47. The molecule has 0 aliphatic heterocycles. The predicted octanol–water partition coefficient (Wildman–Crippen LogP) is 1.98. The van der Waals surface area contributed by atoms with Crippen molar-refractivity contribution >= 4 is 28.8 Å². The Morgan fingerprint density at radius 2 is 2.09 bits per heavy atom. The predicted molar refractivity (Wildman–Crippen MR) is 82.1 cm³/mol. The van der Waals surface area contributed by atoms with E-state index in [0.717, 1.165) is 6.07 Å². The van der Waals surface area contributed by atoms with Crippen LogP contribution in [0.25, 0.3) is 0 Å². The highest BCUT2D eigenvalue weighted by atomic mass is 32.1. The Bertz CT molecular complexity index is 673. The fourth-order valence-electron chi connectivity index (χ4n) is 1.71. The molecule has 2 rings (SSSR count). The first kappa shape index (κ1) is 16.1. The maximum atomic E-state index is 13.4. The van der Waals surface area contributed by atoms with Crippen LogP contribution in [-0.2, 0) is 9.59 Å². The molecule has 0 spiro atoms. The van der Waals surface area contributed by atoms with Gasteiger partial charge in [-0.2, -0.15) is 11.3 Å². The van der Waals surface area contributed by atoms with Crippen LogP contribution in [0.4, 0.5) is 10.1 Å². The van der Waals surface area contributed by atoms with Crippen LogP contribution >= 0.6 is 11.3 Å². The van der Waals surface area contributed by atoms with E-state index in [1.54, 1.807) is 23.8 Å². The van der Waals surface area contributed by atoms with Gasteiger partial charge < -0.3 is 15.7 Å². The first-order valence-electron chi connectivity index (χ1n) is 6.53. The molecule has 1 unspecified atom stereocenters. The number of aliphatic hydroxyl groups excluding tert-OH is 1. The highest BCUT2D eigenvalue weighted by Gasteiger charge is 2.16. The molecule has 22 heavy (non-hydrogen) atoms. The molecule has 1 heterocycles. The van der Waals surface area contributed by atoms with E-state index in [9.17, 15) is 19.1 Å². The summed E-state index contributed by atoms with van der Waals surface area (Å²) in [5.74, 6) is -2.28. The van der Waals surface area contributed by atoms with Gasteiger partial charge in [-0.15, -0.1) is 0 Å². The summed E-state index contributed by atoms with van der Waals surface area (Å²) in [6.45, 7) is 1.52. The number of benzene rings is 1. The topological polar surface area (TPSA) is 78.4 Å². The van der Waals surface area contributed by atoms with Gasteiger partial charge in [0.15, 0.2) is 0 Å². The Balaban J connectivity index is 1.86. The summed E-state index contributed by atoms with van der Waals surface area (Å²) in [5, 5.41) is 18.0. The van der Waals surface area contributed by atoms with Gasteiger partial charge in [0.2, 0.25) is 0 Å². The molecule has 0 fully saturated rings. The first-order chi connectivity index (χ1) is 10.5. The molecule has 5 nitrogen and oxygen atoms in total. The smallest absolute Gasteiger partial charge is 0.313 e. The van der Waals surface area contributed by atoms with Gasteiger partial charge >= 0.3 is 11.8 Å². The van der Waals surface area contributed by atoms with Crippen LogP contribution < -0.4 is 10.6 Å². The number of carbonyl (C=O) groups excluding carboxylic acids is 2. The Kier molecular flexibility index (Phi) is 5.24. The minimum atomic E-state index is -0.916. The maximum absolute atomic E-state index is 13.4. The normalized spacial score (nSPS) is 11.8. The Labute approximate surface area is 130 Å². The molecule has 0 saturated heterocycles. The molecule has 1 aromatic heterocycles. The van der Waals surface area contributed by atoms with Gasteiger partial charge in [0.1, 0.15) is 5.82 Å². The van der Waals surface area contributed by atoms with E-state index in [2.05, 4.69) is 10.6 Å². The number of hydrogen-bond donors (Lipinski definition) is 3. The Hall–Kier alpha value is -2.25. The summed E-state index contributed by atoms with van der Waals surface area (Å²) >= 11 is 1.43. The minimum absolute atomic E-state index is 0.0781. The third kappa shape index (κ3) is 4.12. The molecule has 1 aromatic carbocycles. The van der Waals surface area contributed by atoms with Crippen molar-refractivity contribution in [1.82, 2.24) is 5.32 Å². The molecule has 0 saturated carbocycles. The zero-order valence-electron chi connectivity index (χ0n) is 11.8. The summed E-state index contributed by atoms with van der Waals surface area (Å²) in [6.07, 6.45) is -0.875. The molecule has 0 aliphatic carbocycles. The van der Waals surface area contributed by atoms with Crippen LogP contribution in [0.15, 0.2) is 35.0 Å². The number of thiophene rings is 1. The number of aliphatic hydroxyl groups is 1. The lowest BCUT2D eigenvalue weighted by molar-refractivity contribution is -0.136. The largest absolute Gasteiger partial charge is 0.387 e. The summed E-state index contributed by atoms with van der Waals surface area (Å²) in [6, 6.07) is 5.88. The van der Waals surface area contributed by atoms with E-state index in [4.69, 9.17) is 0 Å². The van der Waals surface area contributed by atoms with E-state index in [1.807, 2.05) is 0 Å². The average Bonchev–Trinajstić information content (AvgIpc) is 3.02. The minimum Gasteiger partial charge on any atom is -0.387 e. The van der Waals surface area contributed by atoms with Crippen LogP contribution in [0, 0.1) is 12.7 Å². The number of amides is 2. The zero-order valence-corrected chi connectivity index (χ0v) is 12.6. The number of anilines is 1. The maximum Gasteiger partial charge on any atom is 0.313 e. The highest BCUT2D eigenvalue weighted by Crippen LogP contribution is 2.15. The molecule has 7 heteroatoms. The van der Waals surface area contributed by atoms with Gasteiger partial charge in [0.05, 0.1) is 6.10 Å². The fourth-order valence-corrected chi connectivity index (χ4v) is 2.42. The SMILES string of the molecule is Cc1ccc(NC(=O)C(=O)NCC(O)c2ccsc2)cc1F. The molecule has 2 amide bonds. The van der Waals surface area contributed by atoms with Gasteiger partial charge in [-0.3, -0.25) is 9.59 Å². The van der Waals surface area contributed by atoms with Crippen molar-refractivity contribution in [1.29, 1.82) is 0 Å². The van der Waals surface area contributed by atoms with Crippen LogP contribution in [0.3, 0.4) is 0 Å². The van der Waals surface area contributed by atoms with Crippen molar-refractivity contribution in [3.05, 3.63) is 52.0 Å². The van der Waals surface area contributed by atoms with Gasteiger partial charge in [0, 0.05) is 12.2 Å². The van der Waals surface area contributed by atoms with Crippen LogP contribution in [0.1, 0.15) is 17.2 Å². The van der Waals surface area contributed by atoms with Gasteiger partial charge in [-0.05, 0) is 47.0 Å². The van der Waals surface area contributed by atoms with E-state index >= 15 is 0 Å². The number of carbonyl (C=O) groups is 2. The lowest BCUT2D eigenvalue weighted by Crippen LogP contribution is -2.37. The fraction of sp³-hybridized carbons (Fsp3) is 0.200. The van der Waals surface area contributed by atoms with Crippen LogP contribution in [-0.4, -0.2) is 23.5 Å². The third-order valence-corrected chi connectivity index (χ3v) is 3.72. The van der Waals surface area contributed by atoms with Crippen molar-refractivity contribution < 1.29 is 19.1 Å². The lowest BCUT2D eigenvalue weighted by Gasteiger charge is -2.11. The molecular formula is C15H15FN2O3S. The second-order valence-electron chi connectivity index (χ2n) is 4.70. The molecule has 0 bridgehead atoms. The highest BCUT2D eigenvalue weighted by molar-refractivity contribution is 7.07. The van der Waals surface area contributed by atoms with E-state index in [0.29, 0.717) is 11.1 Å². The molecule has 3 N–H and O–H groups in total. The van der Waals surface area contributed by atoms with Crippen molar-refractivity contribution in [3.8, 4) is 0 Å². The van der Waals surface area contributed by atoms with Gasteiger partial charge in [-0.25, -0.2) is 4.39 Å². The summed E-state index contributed by atoms with van der Waals surface area (Å²) in [7, 11) is 0. The molecule has 116 valence electrons. The number of nitrogens with one attached hydrogen (secondary N) is 2. The van der Waals surface area contributed by atoms with Crippen molar-refractivity contribution in [2.24, 2.45) is 0 Å². The lowest BCUT2D eigenvalue weighted by atomic mass is 10.2. The summed E-state index contributed by atoms with van der Waals surface area (Å²) in [5.41, 5.74) is 1.31. The van der Waals surface area contributed by atoms with Crippen molar-refractivity contribution in [2.45, 2.75) is 13.0 Å². The number of halogens is 1. The summed E-state index contributed by atoms with van der Waals surface area (Å²) < 4.78 is 13.4. The average molecular weight is 322 g/mol. The third-order valence-electron chi connectivity index (χ3n) is 3.02. The van der Waals surface area contributed by atoms with Crippen molar-refractivity contribution in [3.63, 3.8) is 0 Å². The Morgan fingerprint density at radius 3 is 2.73 bits per heavy atom. The molecule has 0 aliphatic rings. The van der Waals surface area contributed by atoms with Crippen LogP contribution in [0.5, 0.6) is 0 Å². The van der Waals surface area contributed by atoms with E-state index in [1.165, 1.54) is 23.5 Å². The molecule has 0 radical (unpaired) electrons. The van der Waals surface area contributed by atoms with Crippen LogP contribution in [0.2, 0.25) is 0 Å². The molecular weight excluding hydrogens is 307 g/mol. The number of aryl methyl sites for hydroxylation is 1. The van der Waals surface area contributed by atoms with Gasteiger partial charge in [-0.1, -0.05) is 6.07 Å². The van der Waals surface area contributed by atoms with E-state index in [-0.39, 0.29) is 12.2 Å². The quantitative estimate of drug-likeness (QED) is 0.753. The van der Waals surface area contributed by atoms with E-state index < -0.39 is 23.7 Å². The Morgan fingerprint density at radius 1 is 1.32 bits per heavy atom. The second-order valence-corrected chi connectivity index (χ2v) is 5.48. The molecule has 1 atom stereocenters.